The van der Waals surface area contributed by atoms with E-state index in [1.165, 1.54) is 23.2 Å². The van der Waals surface area contributed by atoms with E-state index in [1.807, 2.05) is 4.90 Å². The maximum absolute atomic E-state index is 12.8. The zero-order chi connectivity index (χ0) is 19.4. The Kier molecular flexibility index (Phi) is 6.63. The van der Waals surface area contributed by atoms with Gasteiger partial charge in [0.1, 0.15) is 6.54 Å². The van der Waals surface area contributed by atoms with E-state index in [2.05, 4.69) is 18.8 Å². The molecule has 2 aromatic rings. The average molecular weight is 384 g/mol. The normalized spacial score (nSPS) is 11.3. The number of unbranched alkanes of at least 4 members (excludes halogenated alkanes) is 2. The number of imidazole rings is 1. The third-order valence-electron chi connectivity index (χ3n) is 4.51. The van der Waals surface area contributed by atoms with Gasteiger partial charge in [0.2, 0.25) is 11.2 Å². The molecular weight excluding hydrogens is 358 g/mol. The van der Waals surface area contributed by atoms with Gasteiger partial charge in [0.05, 0.1) is 0 Å². The summed E-state index contributed by atoms with van der Waals surface area (Å²) in [5.41, 5.74) is -0.643. The van der Waals surface area contributed by atoms with Gasteiger partial charge in [0, 0.05) is 27.2 Å². The van der Waals surface area contributed by atoms with Gasteiger partial charge < -0.3 is 4.90 Å². The standard InChI is InChI=1S/C17H26ClN5O3/c1-5-7-9-22(10-8-6-2)12(24)11-23-13-14(19-16(23)18)20(3)17(26)21(4)15(13)25/h5-11H2,1-4H3. The monoisotopic (exact) mass is 383 g/mol. The molecule has 0 fully saturated rings. The van der Waals surface area contributed by atoms with Crippen LogP contribution in [0.4, 0.5) is 0 Å². The number of amides is 1. The third kappa shape index (κ3) is 3.85. The SMILES string of the molecule is CCCCN(CCCC)C(=O)Cn1c(Cl)nc2c1c(=O)n(C)c(=O)n2C. The number of carbonyl (C=O) groups excluding carboxylic acids is 1. The van der Waals surface area contributed by atoms with Crippen molar-refractivity contribution in [1.29, 1.82) is 0 Å². The fraction of sp³-hybridized carbons (Fsp3) is 0.647. The fourth-order valence-electron chi connectivity index (χ4n) is 2.86. The Balaban J connectivity index is 2.43. The summed E-state index contributed by atoms with van der Waals surface area (Å²) in [6.07, 6.45) is 3.83. The van der Waals surface area contributed by atoms with Crippen LogP contribution in [-0.4, -0.2) is 42.6 Å². The number of carbonyl (C=O) groups is 1. The molecule has 9 heteroatoms. The first-order valence-electron chi connectivity index (χ1n) is 8.92. The van der Waals surface area contributed by atoms with Crippen LogP contribution in [0.3, 0.4) is 0 Å². The van der Waals surface area contributed by atoms with Gasteiger partial charge in [-0.25, -0.2) is 4.79 Å². The summed E-state index contributed by atoms with van der Waals surface area (Å²) in [6.45, 7) is 5.43. The molecular formula is C17H26ClN5O3. The van der Waals surface area contributed by atoms with Crippen molar-refractivity contribution in [2.24, 2.45) is 14.1 Å². The highest BCUT2D eigenvalue weighted by Crippen LogP contribution is 2.16. The Morgan fingerprint density at radius 3 is 2.19 bits per heavy atom. The minimum atomic E-state index is -0.510. The van der Waals surface area contributed by atoms with E-state index in [9.17, 15) is 14.4 Å². The molecule has 0 unspecified atom stereocenters. The van der Waals surface area contributed by atoms with Gasteiger partial charge in [0.15, 0.2) is 11.2 Å². The number of aromatic nitrogens is 4. The molecule has 0 aliphatic rings. The first kappa shape index (κ1) is 20.2. The van der Waals surface area contributed by atoms with Crippen LogP contribution in [0.5, 0.6) is 0 Å². The molecule has 2 heterocycles. The quantitative estimate of drug-likeness (QED) is 0.647. The van der Waals surface area contributed by atoms with Crippen molar-refractivity contribution in [2.75, 3.05) is 13.1 Å². The maximum Gasteiger partial charge on any atom is 0.332 e. The minimum Gasteiger partial charge on any atom is -0.341 e. The van der Waals surface area contributed by atoms with Crippen molar-refractivity contribution in [3.05, 3.63) is 26.1 Å². The van der Waals surface area contributed by atoms with Crippen LogP contribution in [0.25, 0.3) is 11.2 Å². The van der Waals surface area contributed by atoms with E-state index >= 15 is 0 Å². The Bertz CT molecular complexity index is 904. The van der Waals surface area contributed by atoms with E-state index in [0.29, 0.717) is 13.1 Å². The first-order valence-corrected chi connectivity index (χ1v) is 9.30. The van der Waals surface area contributed by atoms with Crippen LogP contribution >= 0.6 is 11.6 Å². The predicted molar refractivity (Wildman–Crippen MR) is 102 cm³/mol. The Hall–Kier alpha value is -2.09. The van der Waals surface area contributed by atoms with Gasteiger partial charge in [-0.2, -0.15) is 4.98 Å². The Morgan fingerprint density at radius 1 is 1.08 bits per heavy atom. The van der Waals surface area contributed by atoms with E-state index in [4.69, 9.17) is 11.6 Å². The Morgan fingerprint density at radius 2 is 1.65 bits per heavy atom. The second-order valence-corrected chi connectivity index (χ2v) is 6.77. The smallest absolute Gasteiger partial charge is 0.332 e. The van der Waals surface area contributed by atoms with Crippen LogP contribution in [0.15, 0.2) is 9.59 Å². The number of nitrogens with zero attached hydrogens (tertiary/aromatic N) is 5. The molecule has 0 saturated heterocycles. The highest BCUT2D eigenvalue weighted by atomic mass is 35.5. The van der Waals surface area contributed by atoms with Gasteiger partial charge in [-0.1, -0.05) is 26.7 Å². The number of fused-ring (bicyclic) bond motifs is 1. The number of hydrogen-bond donors (Lipinski definition) is 0. The van der Waals surface area contributed by atoms with Crippen molar-refractivity contribution < 1.29 is 4.79 Å². The van der Waals surface area contributed by atoms with Crippen molar-refractivity contribution in [3.63, 3.8) is 0 Å². The number of halogens is 1. The van der Waals surface area contributed by atoms with E-state index < -0.39 is 11.2 Å². The van der Waals surface area contributed by atoms with Crippen LogP contribution in [0, 0.1) is 0 Å². The lowest BCUT2D eigenvalue weighted by molar-refractivity contribution is -0.131. The zero-order valence-electron chi connectivity index (χ0n) is 15.8. The van der Waals surface area contributed by atoms with Gasteiger partial charge in [-0.15, -0.1) is 0 Å². The molecule has 2 aromatic heterocycles. The Labute approximate surface area is 157 Å². The maximum atomic E-state index is 12.8. The third-order valence-corrected chi connectivity index (χ3v) is 4.80. The van der Waals surface area contributed by atoms with Crippen LogP contribution in [0.2, 0.25) is 5.28 Å². The van der Waals surface area contributed by atoms with Crippen molar-refractivity contribution in [1.82, 2.24) is 23.6 Å². The van der Waals surface area contributed by atoms with Crippen LogP contribution < -0.4 is 11.2 Å². The van der Waals surface area contributed by atoms with Crippen LogP contribution in [-0.2, 0) is 25.4 Å². The summed E-state index contributed by atoms with van der Waals surface area (Å²) in [6, 6.07) is 0. The van der Waals surface area contributed by atoms with Gasteiger partial charge in [-0.3, -0.25) is 23.3 Å². The molecule has 0 saturated carbocycles. The lowest BCUT2D eigenvalue weighted by atomic mass is 10.2. The largest absolute Gasteiger partial charge is 0.341 e. The highest BCUT2D eigenvalue weighted by Gasteiger charge is 2.21. The summed E-state index contributed by atoms with van der Waals surface area (Å²) in [7, 11) is 2.92. The molecule has 0 radical (unpaired) electrons. The fourth-order valence-corrected chi connectivity index (χ4v) is 3.08. The first-order chi connectivity index (χ1) is 12.3. The van der Waals surface area contributed by atoms with E-state index in [-0.39, 0.29) is 28.9 Å². The lowest BCUT2D eigenvalue weighted by Gasteiger charge is -2.23. The minimum absolute atomic E-state index is 0.0255. The highest BCUT2D eigenvalue weighted by molar-refractivity contribution is 6.29. The van der Waals surface area contributed by atoms with E-state index in [1.54, 1.807) is 0 Å². The van der Waals surface area contributed by atoms with Crippen molar-refractivity contribution >= 4 is 28.7 Å². The summed E-state index contributed by atoms with van der Waals surface area (Å²) in [5.74, 6) is -0.107. The van der Waals surface area contributed by atoms with Gasteiger partial charge in [-0.05, 0) is 24.4 Å². The molecule has 0 atom stereocenters. The number of aryl methyl sites for hydroxylation is 1. The molecule has 8 nitrogen and oxygen atoms in total. The summed E-state index contributed by atoms with van der Waals surface area (Å²) in [5, 5.41) is 0.0255. The molecule has 1 amide bonds. The molecule has 0 bridgehead atoms. The second-order valence-electron chi connectivity index (χ2n) is 6.43. The molecule has 2 rings (SSSR count). The molecule has 144 valence electrons. The molecule has 0 aromatic carbocycles. The van der Waals surface area contributed by atoms with Gasteiger partial charge in [0.25, 0.3) is 5.56 Å². The van der Waals surface area contributed by atoms with E-state index in [0.717, 1.165) is 30.3 Å². The molecule has 0 aliphatic heterocycles. The molecule has 26 heavy (non-hydrogen) atoms. The van der Waals surface area contributed by atoms with Gasteiger partial charge >= 0.3 is 5.69 Å². The average Bonchev–Trinajstić information content (AvgIpc) is 2.94. The number of hydrogen-bond acceptors (Lipinski definition) is 4. The molecule has 0 aliphatic carbocycles. The predicted octanol–water partition coefficient (Wildman–Crippen LogP) is 1.52. The van der Waals surface area contributed by atoms with Crippen molar-refractivity contribution in [2.45, 2.75) is 46.1 Å². The lowest BCUT2D eigenvalue weighted by Crippen LogP contribution is -2.39. The summed E-state index contributed by atoms with van der Waals surface area (Å²) < 4.78 is 3.65. The molecule has 0 spiro atoms. The topological polar surface area (TPSA) is 82.1 Å². The number of rotatable bonds is 8. The summed E-state index contributed by atoms with van der Waals surface area (Å²) in [4.78, 5) is 43.3. The second kappa shape index (κ2) is 8.53. The van der Waals surface area contributed by atoms with Crippen LogP contribution in [0.1, 0.15) is 39.5 Å². The zero-order valence-corrected chi connectivity index (χ0v) is 16.5. The summed E-state index contributed by atoms with van der Waals surface area (Å²) >= 11 is 6.19. The van der Waals surface area contributed by atoms with Crippen molar-refractivity contribution in [3.8, 4) is 0 Å². The molecule has 0 N–H and O–H groups in total.